The minimum absolute atomic E-state index is 0.962. The molecule has 0 unspecified atom stereocenters. The molecule has 0 aromatic heterocycles. The van der Waals surface area contributed by atoms with Gasteiger partial charge in [0.05, 0.1) is 6.67 Å². The molecule has 2 nitrogen and oxygen atoms in total. The van der Waals surface area contributed by atoms with Gasteiger partial charge in [-0.05, 0) is 11.1 Å². The first-order valence-corrected chi connectivity index (χ1v) is 6.64. The lowest BCUT2D eigenvalue weighted by Gasteiger charge is -2.21. The van der Waals surface area contributed by atoms with Crippen molar-refractivity contribution in [2.24, 2.45) is 0 Å². The molecular formula is C17H18N2. The Labute approximate surface area is 114 Å². The first-order chi connectivity index (χ1) is 9.40. The fourth-order valence-electron chi connectivity index (χ4n) is 2.36. The van der Waals surface area contributed by atoms with Crippen LogP contribution in [0.2, 0.25) is 0 Å². The van der Waals surface area contributed by atoms with Crippen LogP contribution >= 0.6 is 0 Å². The smallest absolute Gasteiger partial charge is 0.0900 e. The third kappa shape index (κ3) is 3.16. The van der Waals surface area contributed by atoms with Crippen LogP contribution in [0.15, 0.2) is 73.1 Å². The van der Waals surface area contributed by atoms with E-state index < -0.39 is 0 Å². The second kappa shape index (κ2) is 5.61. The molecule has 0 atom stereocenters. The van der Waals surface area contributed by atoms with Gasteiger partial charge >= 0.3 is 0 Å². The van der Waals surface area contributed by atoms with Gasteiger partial charge in [0.1, 0.15) is 0 Å². The van der Waals surface area contributed by atoms with Crippen molar-refractivity contribution < 1.29 is 0 Å². The van der Waals surface area contributed by atoms with Crippen LogP contribution in [0.5, 0.6) is 0 Å². The summed E-state index contributed by atoms with van der Waals surface area (Å²) < 4.78 is 0. The van der Waals surface area contributed by atoms with E-state index in [2.05, 4.69) is 82.9 Å². The van der Waals surface area contributed by atoms with Gasteiger partial charge in [-0.2, -0.15) is 0 Å². The van der Waals surface area contributed by atoms with Crippen molar-refractivity contribution in [3.63, 3.8) is 0 Å². The van der Waals surface area contributed by atoms with Crippen LogP contribution in [-0.4, -0.2) is 16.5 Å². The topological polar surface area (TPSA) is 6.48 Å². The minimum Gasteiger partial charge on any atom is -0.354 e. The quantitative estimate of drug-likeness (QED) is 0.820. The molecule has 96 valence electrons. The van der Waals surface area contributed by atoms with Gasteiger partial charge in [0.2, 0.25) is 0 Å². The van der Waals surface area contributed by atoms with Crippen LogP contribution in [0.25, 0.3) is 0 Å². The molecule has 0 saturated carbocycles. The van der Waals surface area contributed by atoms with Crippen molar-refractivity contribution in [1.29, 1.82) is 0 Å². The molecular weight excluding hydrogens is 232 g/mol. The monoisotopic (exact) mass is 250 g/mol. The van der Waals surface area contributed by atoms with Crippen molar-refractivity contribution in [3.8, 4) is 0 Å². The maximum atomic E-state index is 2.33. The highest BCUT2D eigenvalue weighted by Gasteiger charge is 2.12. The molecule has 0 bridgehead atoms. The maximum Gasteiger partial charge on any atom is 0.0900 e. The molecule has 1 heterocycles. The summed E-state index contributed by atoms with van der Waals surface area (Å²) in [5.41, 5.74) is 2.71. The molecule has 1 aliphatic heterocycles. The van der Waals surface area contributed by atoms with Crippen LogP contribution in [0, 0.1) is 0 Å². The summed E-state index contributed by atoms with van der Waals surface area (Å²) in [5, 5.41) is 0. The molecule has 2 heteroatoms. The van der Waals surface area contributed by atoms with Crippen LogP contribution in [0.1, 0.15) is 11.1 Å². The summed E-state index contributed by atoms with van der Waals surface area (Å²) >= 11 is 0. The third-order valence-electron chi connectivity index (χ3n) is 3.31. The van der Waals surface area contributed by atoms with E-state index in [1.807, 2.05) is 0 Å². The van der Waals surface area contributed by atoms with Gasteiger partial charge in [0.15, 0.2) is 0 Å². The predicted octanol–water partition coefficient (Wildman–Crippen LogP) is 3.43. The Morgan fingerprint density at radius 2 is 1.05 bits per heavy atom. The molecule has 0 N–H and O–H groups in total. The Bertz CT molecular complexity index is 484. The summed E-state index contributed by atoms with van der Waals surface area (Å²) in [5.74, 6) is 0. The van der Waals surface area contributed by atoms with Gasteiger partial charge in [0.25, 0.3) is 0 Å². The third-order valence-corrected chi connectivity index (χ3v) is 3.31. The highest BCUT2D eigenvalue weighted by Crippen LogP contribution is 2.14. The van der Waals surface area contributed by atoms with Crippen molar-refractivity contribution in [1.82, 2.24) is 9.80 Å². The fourth-order valence-corrected chi connectivity index (χ4v) is 2.36. The zero-order valence-electron chi connectivity index (χ0n) is 10.9. The van der Waals surface area contributed by atoms with E-state index in [1.54, 1.807) is 0 Å². The first kappa shape index (κ1) is 11.8. The standard InChI is InChI=1S/C17H18N2/c1-3-7-16(8-4-1)13-18-11-12-19(15-18)14-17-9-5-2-6-10-17/h1-12H,13-15H2. The number of nitrogens with zero attached hydrogens (tertiary/aromatic N) is 2. The van der Waals surface area contributed by atoms with E-state index in [4.69, 9.17) is 0 Å². The average Bonchev–Trinajstić information content (AvgIpc) is 2.88. The van der Waals surface area contributed by atoms with Gasteiger partial charge in [0, 0.05) is 25.5 Å². The van der Waals surface area contributed by atoms with Crippen molar-refractivity contribution in [3.05, 3.63) is 84.2 Å². The number of benzene rings is 2. The summed E-state index contributed by atoms with van der Waals surface area (Å²) in [6.07, 6.45) is 4.35. The van der Waals surface area contributed by atoms with Gasteiger partial charge in [-0.25, -0.2) is 0 Å². The summed E-state index contributed by atoms with van der Waals surface area (Å²) in [7, 11) is 0. The van der Waals surface area contributed by atoms with Crippen molar-refractivity contribution in [2.75, 3.05) is 6.67 Å². The number of rotatable bonds is 4. The van der Waals surface area contributed by atoms with Gasteiger partial charge in [-0.15, -0.1) is 0 Å². The Balaban J connectivity index is 1.55. The lowest BCUT2D eigenvalue weighted by Crippen LogP contribution is -2.24. The van der Waals surface area contributed by atoms with Gasteiger partial charge < -0.3 is 9.80 Å². The Morgan fingerprint density at radius 1 is 0.632 bits per heavy atom. The van der Waals surface area contributed by atoms with E-state index >= 15 is 0 Å². The summed E-state index contributed by atoms with van der Waals surface area (Å²) in [6.45, 7) is 2.91. The molecule has 3 rings (SSSR count). The zero-order valence-corrected chi connectivity index (χ0v) is 10.9. The second-order valence-corrected chi connectivity index (χ2v) is 4.90. The van der Waals surface area contributed by atoms with Crippen LogP contribution in [0.3, 0.4) is 0 Å². The number of hydrogen-bond acceptors (Lipinski definition) is 2. The summed E-state index contributed by atoms with van der Waals surface area (Å²) in [6, 6.07) is 21.2. The lowest BCUT2D eigenvalue weighted by atomic mass is 10.2. The Hall–Kier alpha value is -2.22. The fraction of sp³-hybridized carbons (Fsp3) is 0.176. The van der Waals surface area contributed by atoms with E-state index in [0.29, 0.717) is 0 Å². The van der Waals surface area contributed by atoms with Crippen LogP contribution in [-0.2, 0) is 13.1 Å². The Morgan fingerprint density at radius 3 is 1.47 bits per heavy atom. The molecule has 0 spiro atoms. The number of hydrogen-bond donors (Lipinski definition) is 0. The summed E-state index contributed by atoms with van der Waals surface area (Å²) in [4.78, 5) is 4.66. The predicted molar refractivity (Wildman–Crippen MR) is 78.0 cm³/mol. The average molecular weight is 250 g/mol. The van der Waals surface area contributed by atoms with Gasteiger partial charge in [-0.1, -0.05) is 60.7 Å². The molecule has 2 aromatic rings. The van der Waals surface area contributed by atoms with Crippen molar-refractivity contribution >= 4 is 0 Å². The molecule has 2 aromatic carbocycles. The molecule has 0 amide bonds. The maximum absolute atomic E-state index is 2.33. The van der Waals surface area contributed by atoms with Crippen molar-refractivity contribution in [2.45, 2.75) is 13.1 Å². The normalized spacial score (nSPS) is 14.1. The SMILES string of the molecule is C1=CN(Cc2ccccc2)CN1Cc1ccccc1. The second-order valence-electron chi connectivity index (χ2n) is 4.90. The largest absolute Gasteiger partial charge is 0.354 e. The minimum atomic E-state index is 0.962. The van der Waals surface area contributed by atoms with E-state index in [9.17, 15) is 0 Å². The van der Waals surface area contributed by atoms with Gasteiger partial charge in [-0.3, -0.25) is 0 Å². The van der Waals surface area contributed by atoms with Crippen LogP contribution in [0.4, 0.5) is 0 Å². The lowest BCUT2D eigenvalue weighted by molar-refractivity contribution is 0.255. The molecule has 1 aliphatic rings. The van der Waals surface area contributed by atoms with E-state index in [0.717, 1.165) is 19.8 Å². The van der Waals surface area contributed by atoms with E-state index in [1.165, 1.54) is 11.1 Å². The zero-order chi connectivity index (χ0) is 12.9. The highest BCUT2D eigenvalue weighted by atomic mass is 15.3. The van der Waals surface area contributed by atoms with E-state index in [-0.39, 0.29) is 0 Å². The molecule has 0 radical (unpaired) electrons. The Kier molecular flexibility index (Phi) is 3.50. The van der Waals surface area contributed by atoms with Crippen LogP contribution < -0.4 is 0 Å². The molecule has 19 heavy (non-hydrogen) atoms. The first-order valence-electron chi connectivity index (χ1n) is 6.64. The molecule has 0 aliphatic carbocycles. The molecule has 0 saturated heterocycles. The highest BCUT2D eigenvalue weighted by molar-refractivity contribution is 5.17. The molecule has 0 fully saturated rings.